The fourth-order valence-electron chi connectivity index (χ4n) is 1.93. The minimum atomic E-state index is 0.264. The molecule has 0 unspecified atom stereocenters. The van der Waals surface area contributed by atoms with Gasteiger partial charge in [0.2, 0.25) is 0 Å². The lowest BCUT2D eigenvalue weighted by atomic mass is 9.81. The second kappa shape index (κ2) is 3.99. The van der Waals surface area contributed by atoms with Crippen LogP contribution in [0.5, 0.6) is 0 Å². The van der Waals surface area contributed by atoms with Crippen molar-refractivity contribution in [3.8, 4) is 0 Å². The number of hydrogen-bond donors (Lipinski definition) is 0. The monoisotopic (exact) mass is 192 g/mol. The van der Waals surface area contributed by atoms with Crippen molar-refractivity contribution in [3.05, 3.63) is 23.7 Å². The largest absolute Gasteiger partial charge is 0.469 e. The van der Waals surface area contributed by atoms with Crippen LogP contribution in [0.25, 0.3) is 0 Å². The Morgan fingerprint density at radius 2 is 2.36 bits per heavy atom. The van der Waals surface area contributed by atoms with E-state index >= 15 is 0 Å². The van der Waals surface area contributed by atoms with Gasteiger partial charge < -0.3 is 4.42 Å². The van der Waals surface area contributed by atoms with Gasteiger partial charge in [-0.05, 0) is 12.0 Å². The van der Waals surface area contributed by atoms with Gasteiger partial charge in [0.1, 0.15) is 5.76 Å². The smallest absolute Gasteiger partial charge is 0.166 e. The zero-order valence-corrected chi connectivity index (χ0v) is 8.58. The lowest BCUT2D eigenvalue weighted by molar-refractivity contribution is 0.0934. The summed E-state index contributed by atoms with van der Waals surface area (Å²) in [6, 6.07) is 1.81. The van der Waals surface area contributed by atoms with Crippen molar-refractivity contribution in [1.82, 2.24) is 0 Å². The van der Waals surface area contributed by atoms with Crippen molar-refractivity contribution in [1.29, 1.82) is 0 Å². The third kappa shape index (κ3) is 1.74. The molecule has 0 aromatic carbocycles. The van der Waals surface area contributed by atoms with Crippen molar-refractivity contribution in [3.63, 3.8) is 0 Å². The van der Waals surface area contributed by atoms with Crippen LogP contribution in [-0.4, -0.2) is 5.78 Å². The molecule has 0 radical (unpaired) electrons. The predicted molar refractivity (Wildman–Crippen MR) is 54.4 cm³/mol. The van der Waals surface area contributed by atoms with Gasteiger partial charge in [-0.15, -0.1) is 0 Å². The number of hydrogen-bond acceptors (Lipinski definition) is 2. The molecule has 1 fully saturated rings. The second-order valence-electron chi connectivity index (χ2n) is 4.04. The molecule has 1 saturated carbocycles. The first kappa shape index (κ1) is 9.50. The molecule has 76 valence electrons. The van der Waals surface area contributed by atoms with E-state index in [2.05, 4.69) is 0 Å². The van der Waals surface area contributed by atoms with Crippen LogP contribution in [0.15, 0.2) is 16.7 Å². The normalized spacial score (nSPS) is 16.6. The Kier molecular flexibility index (Phi) is 2.71. The number of ketones is 1. The molecule has 0 N–H and O–H groups in total. The molecule has 0 atom stereocenters. The van der Waals surface area contributed by atoms with Gasteiger partial charge in [0.25, 0.3) is 0 Å². The van der Waals surface area contributed by atoms with Crippen molar-refractivity contribution in [2.75, 3.05) is 0 Å². The summed E-state index contributed by atoms with van der Waals surface area (Å²) in [7, 11) is 0. The van der Waals surface area contributed by atoms with Crippen LogP contribution in [0.4, 0.5) is 0 Å². The molecule has 1 aromatic rings. The van der Waals surface area contributed by atoms with Gasteiger partial charge in [-0.2, -0.15) is 0 Å². The van der Waals surface area contributed by atoms with Crippen LogP contribution in [-0.2, 0) is 6.42 Å². The first-order chi connectivity index (χ1) is 6.81. The summed E-state index contributed by atoms with van der Waals surface area (Å²) in [4.78, 5) is 11.8. The maximum absolute atomic E-state index is 11.8. The Labute approximate surface area is 84.3 Å². The highest BCUT2D eigenvalue weighted by molar-refractivity contribution is 5.97. The first-order valence-electron chi connectivity index (χ1n) is 5.40. The molecule has 14 heavy (non-hydrogen) atoms. The molecular formula is C12H16O2. The van der Waals surface area contributed by atoms with Gasteiger partial charge in [-0.1, -0.05) is 26.2 Å². The number of carbonyl (C=O) groups is 1. The number of rotatable bonds is 4. The fourth-order valence-corrected chi connectivity index (χ4v) is 1.93. The molecule has 0 bridgehead atoms. The molecule has 2 nitrogen and oxygen atoms in total. The van der Waals surface area contributed by atoms with Crippen LogP contribution in [0.2, 0.25) is 0 Å². The van der Waals surface area contributed by atoms with E-state index in [4.69, 9.17) is 4.42 Å². The predicted octanol–water partition coefficient (Wildman–Crippen LogP) is 3.21. The maximum atomic E-state index is 11.8. The van der Waals surface area contributed by atoms with E-state index in [1.807, 2.05) is 6.92 Å². The molecule has 1 aliphatic carbocycles. The minimum Gasteiger partial charge on any atom is -0.469 e. The minimum absolute atomic E-state index is 0.264. The number of carbonyl (C=O) groups excluding carboxylic acids is 1. The van der Waals surface area contributed by atoms with Crippen LogP contribution < -0.4 is 0 Å². The third-order valence-electron chi connectivity index (χ3n) is 3.07. The quantitative estimate of drug-likeness (QED) is 0.686. The summed E-state index contributed by atoms with van der Waals surface area (Å²) < 4.78 is 5.25. The highest BCUT2D eigenvalue weighted by Crippen LogP contribution is 2.31. The fraction of sp³-hybridized carbons (Fsp3) is 0.583. The maximum Gasteiger partial charge on any atom is 0.166 e. The Morgan fingerprint density at radius 1 is 1.57 bits per heavy atom. The molecular weight excluding hydrogens is 176 g/mol. The van der Waals surface area contributed by atoms with Crippen LogP contribution in [0.1, 0.15) is 48.7 Å². The molecule has 0 spiro atoms. The van der Waals surface area contributed by atoms with E-state index in [9.17, 15) is 4.79 Å². The zero-order valence-electron chi connectivity index (χ0n) is 8.58. The zero-order chi connectivity index (χ0) is 9.97. The molecule has 1 heterocycles. The topological polar surface area (TPSA) is 30.2 Å². The second-order valence-corrected chi connectivity index (χ2v) is 4.04. The average Bonchev–Trinajstić information content (AvgIpc) is 2.58. The molecule has 1 aromatic heterocycles. The van der Waals surface area contributed by atoms with Crippen LogP contribution in [0.3, 0.4) is 0 Å². The van der Waals surface area contributed by atoms with Crippen molar-refractivity contribution < 1.29 is 9.21 Å². The molecule has 0 aliphatic heterocycles. The van der Waals surface area contributed by atoms with E-state index in [0.29, 0.717) is 12.3 Å². The van der Waals surface area contributed by atoms with Crippen molar-refractivity contribution >= 4 is 5.78 Å². The summed E-state index contributed by atoms with van der Waals surface area (Å²) in [6.45, 7) is 2.01. The van der Waals surface area contributed by atoms with E-state index in [1.165, 1.54) is 19.3 Å². The van der Waals surface area contributed by atoms with Crippen LogP contribution >= 0.6 is 0 Å². The molecule has 2 heteroatoms. The molecule has 1 aliphatic rings. The first-order valence-corrected chi connectivity index (χ1v) is 5.40. The highest BCUT2D eigenvalue weighted by Gasteiger charge is 2.23. The average molecular weight is 192 g/mol. The number of Topliss-reactive ketones (excluding diaryl/α,β-unsaturated/α-hetero) is 1. The standard InChI is InChI=1S/C12H16O2/c1-2-12-10(6-7-14-12)11(13)8-9-4-3-5-9/h6-7,9H,2-5,8H2,1H3. The SMILES string of the molecule is CCc1occc1C(=O)CC1CCC1. The lowest BCUT2D eigenvalue weighted by Crippen LogP contribution is -2.16. The lowest BCUT2D eigenvalue weighted by Gasteiger charge is -2.24. The van der Waals surface area contributed by atoms with Crippen molar-refractivity contribution in [2.45, 2.75) is 39.0 Å². The molecule has 0 saturated heterocycles. The summed E-state index contributed by atoms with van der Waals surface area (Å²) >= 11 is 0. The summed E-state index contributed by atoms with van der Waals surface area (Å²) in [5.41, 5.74) is 0.805. The molecule has 0 amide bonds. The summed E-state index contributed by atoms with van der Waals surface area (Å²) in [6.07, 6.45) is 6.89. The number of furan rings is 1. The Morgan fingerprint density at radius 3 is 2.93 bits per heavy atom. The Bertz CT molecular complexity index is 321. The van der Waals surface area contributed by atoms with E-state index < -0.39 is 0 Å². The van der Waals surface area contributed by atoms with Crippen LogP contribution in [0, 0.1) is 5.92 Å². The summed E-state index contributed by atoms with van der Waals surface area (Å²) in [5, 5.41) is 0. The van der Waals surface area contributed by atoms with E-state index in [1.54, 1.807) is 12.3 Å². The number of aryl methyl sites for hydroxylation is 1. The van der Waals surface area contributed by atoms with Gasteiger partial charge in [-0.25, -0.2) is 0 Å². The Balaban J connectivity index is 2.02. The van der Waals surface area contributed by atoms with Gasteiger partial charge in [0, 0.05) is 12.8 Å². The van der Waals surface area contributed by atoms with Crippen molar-refractivity contribution in [2.24, 2.45) is 5.92 Å². The highest BCUT2D eigenvalue weighted by atomic mass is 16.3. The third-order valence-corrected chi connectivity index (χ3v) is 3.07. The van der Waals surface area contributed by atoms with Gasteiger partial charge >= 0.3 is 0 Å². The van der Waals surface area contributed by atoms with Gasteiger partial charge in [0.15, 0.2) is 5.78 Å². The van der Waals surface area contributed by atoms with E-state index in [0.717, 1.165) is 17.7 Å². The van der Waals surface area contributed by atoms with Gasteiger partial charge in [-0.3, -0.25) is 4.79 Å². The van der Waals surface area contributed by atoms with Gasteiger partial charge in [0.05, 0.1) is 11.8 Å². The van der Waals surface area contributed by atoms with E-state index in [-0.39, 0.29) is 5.78 Å². The molecule has 2 rings (SSSR count). The summed E-state index contributed by atoms with van der Waals surface area (Å²) in [5.74, 6) is 1.75. The Hall–Kier alpha value is -1.05.